The van der Waals surface area contributed by atoms with E-state index in [9.17, 15) is 4.79 Å². The van der Waals surface area contributed by atoms with Crippen molar-refractivity contribution in [3.63, 3.8) is 0 Å². The summed E-state index contributed by atoms with van der Waals surface area (Å²) in [6.07, 6.45) is 0.876. The van der Waals surface area contributed by atoms with Crippen LogP contribution in [-0.4, -0.2) is 31.1 Å². The van der Waals surface area contributed by atoms with Crippen LogP contribution in [0, 0.1) is 0 Å². The van der Waals surface area contributed by atoms with Crippen LogP contribution in [0.4, 0.5) is 4.79 Å². The summed E-state index contributed by atoms with van der Waals surface area (Å²) in [6, 6.07) is 8.15. The summed E-state index contributed by atoms with van der Waals surface area (Å²) in [5.41, 5.74) is 1.24. The molecule has 0 aliphatic carbocycles. The molecule has 0 aliphatic rings. The predicted octanol–water partition coefficient (Wildman–Crippen LogP) is 2.65. The van der Waals surface area contributed by atoms with E-state index < -0.39 is 0 Å². The van der Waals surface area contributed by atoms with E-state index in [-0.39, 0.29) is 6.03 Å². The van der Waals surface area contributed by atoms with Gasteiger partial charge in [0.1, 0.15) is 0 Å². The third-order valence-electron chi connectivity index (χ3n) is 2.32. The minimum absolute atomic E-state index is 0.0142. The van der Waals surface area contributed by atoms with Crippen LogP contribution in [-0.2, 0) is 6.42 Å². The summed E-state index contributed by atoms with van der Waals surface area (Å²) in [5, 5.41) is 2.77. The number of hydrogen-bond acceptors (Lipinski definition) is 1. The molecule has 0 unspecified atom stereocenters. The van der Waals surface area contributed by atoms with E-state index in [2.05, 4.69) is 33.4 Å². The Hall–Kier alpha value is -1.03. The molecule has 0 spiro atoms. The smallest absolute Gasteiger partial charge is 0.317 e. The Morgan fingerprint density at radius 1 is 1.38 bits per heavy atom. The van der Waals surface area contributed by atoms with Crippen molar-refractivity contribution in [2.24, 2.45) is 0 Å². The zero-order valence-electron chi connectivity index (χ0n) is 9.66. The second-order valence-electron chi connectivity index (χ2n) is 3.63. The van der Waals surface area contributed by atoms with Crippen molar-refractivity contribution in [2.45, 2.75) is 13.3 Å². The molecule has 0 saturated heterocycles. The van der Waals surface area contributed by atoms with Crippen LogP contribution in [0.3, 0.4) is 0 Å². The molecule has 1 aromatic rings. The molecule has 0 heterocycles. The number of rotatable bonds is 4. The fraction of sp³-hybridized carbons (Fsp3) is 0.417. The van der Waals surface area contributed by atoms with Gasteiger partial charge in [0.2, 0.25) is 0 Å². The molecule has 3 nitrogen and oxygen atoms in total. The third-order valence-corrected chi connectivity index (χ3v) is 2.85. The molecule has 0 atom stereocenters. The predicted molar refractivity (Wildman–Crippen MR) is 69.5 cm³/mol. The van der Waals surface area contributed by atoms with Crippen LogP contribution in [0.1, 0.15) is 12.5 Å². The molecule has 0 aliphatic heterocycles. The first-order valence-corrected chi connectivity index (χ1v) is 6.16. The molecule has 0 saturated carbocycles. The van der Waals surface area contributed by atoms with Gasteiger partial charge in [0, 0.05) is 24.6 Å². The molecule has 0 radical (unpaired) electrons. The molecule has 1 N–H and O–H groups in total. The largest absolute Gasteiger partial charge is 0.338 e. The van der Waals surface area contributed by atoms with Gasteiger partial charge in [0.15, 0.2) is 0 Å². The van der Waals surface area contributed by atoms with Crippen LogP contribution in [0.5, 0.6) is 0 Å². The fourth-order valence-corrected chi connectivity index (χ4v) is 1.60. The molecule has 0 fully saturated rings. The van der Waals surface area contributed by atoms with Crippen LogP contribution in [0.2, 0.25) is 0 Å². The van der Waals surface area contributed by atoms with Gasteiger partial charge in [-0.25, -0.2) is 4.79 Å². The lowest BCUT2D eigenvalue weighted by Crippen LogP contribution is -2.38. The molecule has 0 bridgehead atoms. The van der Waals surface area contributed by atoms with Gasteiger partial charge in [-0.3, -0.25) is 0 Å². The zero-order valence-corrected chi connectivity index (χ0v) is 11.3. The van der Waals surface area contributed by atoms with Gasteiger partial charge in [-0.2, -0.15) is 0 Å². The number of carbonyl (C=O) groups excluding carboxylic acids is 1. The van der Waals surface area contributed by atoms with Crippen LogP contribution < -0.4 is 5.32 Å². The molecule has 2 amide bonds. The highest BCUT2D eigenvalue weighted by Crippen LogP contribution is 2.10. The first-order valence-electron chi connectivity index (χ1n) is 5.37. The number of nitrogens with zero attached hydrogens (tertiary/aromatic N) is 1. The first-order chi connectivity index (χ1) is 7.63. The highest BCUT2D eigenvalue weighted by atomic mass is 79.9. The number of hydrogen-bond donors (Lipinski definition) is 1. The van der Waals surface area contributed by atoms with E-state index in [1.807, 2.05) is 26.1 Å². The molecular formula is C12H17BrN2O. The van der Waals surface area contributed by atoms with Gasteiger partial charge in [-0.15, -0.1) is 0 Å². The van der Waals surface area contributed by atoms with Gasteiger partial charge >= 0.3 is 6.03 Å². The lowest BCUT2D eigenvalue weighted by atomic mass is 10.1. The lowest BCUT2D eigenvalue weighted by molar-refractivity contribution is 0.210. The second kappa shape index (κ2) is 6.53. The van der Waals surface area contributed by atoms with Crippen molar-refractivity contribution in [3.8, 4) is 0 Å². The van der Waals surface area contributed by atoms with Gasteiger partial charge < -0.3 is 10.2 Å². The Balaban J connectivity index is 2.39. The van der Waals surface area contributed by atoms with E-state index in [0.717, 1.165) is 17.4 Å². The normalized spacial score (nSPS) is 9.94. The van der Waals surface area contributed by atoms with E-state index in [1.54, 1.807) is 4.90 Å². The Morgan fingerprint density at radius 2 is 2.00 bits per heavy atom. The SMILES string of the molecule is CCNC(=O)N(C)CCc1ccc(Br)cc1. The number of halogens is 1. The van der Waals surface area contributed by atoms with Crippen LogP contribution in [0.25, 0.3) is 0 Å². The fourth-order valence-electron chi connectivity index (χ4n) is 1.34. The number of benzene rings is 1. The second-order valence-corrected chi connectivity index (χ2v) is 4.55. The average molecular weight is 285 g/mol. The van der Waals surface area contributed by atoms with Crippen molar-refractivity contribution in [3.05, 3.63) is 34.3 Å². The van der Waals surface area contributed by atoms with Gasteiger partial charge in [-0.05, 0) is 31.0 Å². The maximum absolute atomic E-state index is 11.4. The maximum atomic E-state index is 11.4. The number of likely N-dealkylation sites (N-methyl/N-ethyl adjacent to an activating group) is 1. The van der Waals surface area contributed by atoms with Crippen molar-refractivity contribution in [2.75, 3.05) is 20.1 Å². The molecule has 16 heavy (non-hydrogen) atoms. The van der Waals surface area contributed by atoms with Gasteiger partial charge in [0.25, 0.3) is 0 Å². The Labute approximate surface area is 105 Å². The third kappa shape index (κ3) is 4.23. The quantitative estimate of drug-likeness (QED) is 0.906. The first kappa shape index (κ1) is 13.0. The van der Waals surface area contributed by atoms with E-state index in [1.165, 1.54) is 5.56 Å². The zero-order chi connectivity index (χ0) is 12.0. The summed E-state index contributed by atoms with van der Waals surface area (Å²) >= 11 is 3.39. The molecule has 4 heteroatoms. The summed E-state index contributed by atoms with van der Waals surface area (Å²) in [5.74, 6) is 0. The highest BCUT2D eigenvalue weighted by molar-refractivity contribution is 9.10. The highest BCUT2D eigenvalue weighted by Gasteiger charge is 2.06. The Kier molecular flexibility index (Phi) is 5.32. The molecule has 0 aromatic heterocycles. The number of amides is 2. The minimum Gasteiger partial charge on any atom is -0.338 e. The van der Waals surface area contributed by atoms with Crippen molar-refractivity contribution < 1.29 is 4.79 Å². The molecular weight excluding hydrogens is 268 g/mol. The van der Waals surface area contributed by atoms with Crippen LogP contribution >= 0.6 is 15.9 Å². The van der Waals surface area contributed by atoms with Gasteiger partial charge in [-0.1, -0.05) is 28.1 Å². The number of urea groups is 1. The van der Waals surface area contributed by atoms with Crippen molar-refractivity contribution in [1.82, 2.24) is 10.2 Å². The van der Waals surface area contributed by atoms with E-state index >= 15 is 0 Å². The summed E-state index contributed by atoms with van der Waals surface area (Å²) in [6.45, 7) is 3.31. The van der Waals surface area contributed by atoms with Crippen LogP contribution in [0.15, 0.2) is 28.7 Å². The molecule has 1 rings (SSSR count). The monoisotopic (exact) mass is 284 g/mol. The Morgan fingerprint density at radius 3 is 2.56 bits per heavy atom. The topological polar surface area (TPSA) is 32.3 Å². The number of nitrogens with one attached hydrogen (secondary N) is 1. The number of carbonyl (C=O) groups is 1. The van der Waals surface area contributed by atoms with Crippen molar-refractivity contribution in [1.29, 1.82) is 0 Å². The molecule has 88 valence electrons. The lowest BCUT2D eigenvalue weighted by Gasteiger charge is -2.17. The van der Waals surface area contributed by atoms with E-state index in [4.69, 9.17) is 0 Å². The van der Waals surface area contributed by atoms with E-state index in [0.29, 0.717) is 6.54 Å². The average Bonchev–Trinajstić information content (AvgIpc) is 2.28. The Bertz CT molecular complexity index is 337. The molecule has 1 aromatic carbocycles. The summed E-state index contributed by atoms with van der Waals surface area (Å²) in [7, 11) is 1.81. The van der Waals surface area contributed by atoms with Crippen molar-refractivity contribution >= 4 is 22.0 Å². The minimum atomic E-state index is -0.0142. The summed E-state index contributed by atoms with van der Waals surface area (Å²) < 4.78 is 1.08. The summed E-state index contributed by atoms with van der Waals surface area (Å²) in [4.78, 5) is 13.1. The standard InChI is InChI=1S/C12H17BrN2O/c1-3-14-12(16)15(2)9-8-10-4-6-11(13)7-5-10/h4-7H,3,8-9H2,1-2H3,(H,14,16). The van der Waals surface area contributed by atoms with Gasteiger partial charge in [0.05, 0.1) is 0 Å². The maximum Gasteiger partial charge on any atom is 0.317 e.